The molecule has 0 radical (unpaired) electrons. The number of nitrogens with zero attached hydrogens (tertiary/aromatic N) is 3. The van der Waals surface area contributed by atoms with Crippen molar-refractivity contribution in [3.8, 4) is 5.75 Å². The number of carboxylic acids is 1. The second kappa shape index (κ2) is 6.94. The average Bonchev–Trinajstić information content (AvgIpc) is 2.88. The fraction of sp³-hybridized carbons (Fsp3) is 0.214. The minimum absolute atomic E-state index is 0.657. The molecule has 21 heavy (non-hydrogen) atoms. The molecule has 0 aliphatic heterocycles. The third kappa shape index (κ3) is 4.09. The zero-order valence-electron chi connectivity index (χ0n) is 11.7. The van der Waals surface area contributed by atoms with Gasteiger partial charge in [0.05, 0.1) is 7.11 Å². The summed E-state index contributed by atoms with van der Waals surface area (Å²) in [5.74, 6) is 0.447. The van der Waals surface area contributed by atoms with E-state index in [2.05, 4.69) is 10.1 Å². The highest BCUT2D eigenvalue weighted by Crippen LogP contribution is 2.27. The normalized spacial score (nSPS) is 11.0. The number of rotatable bonds is 6. The van der Waals surface area contributed by atoms with Gasteiger partial charge in [-0.05, 0) is 23.8 Å². The van der Waals surface area contributed by atoms with Gasteiger partial charge < -0.3 is 9.84 Å². The predicted octanol–water partition coefficient (Wildman–Crippen LogP) is 2.21. The van der Waals surface area contributed by atoms with Gasteiger partial charge >= 0.3 is 5.97 Å². The molecule has 0 spiro atoms. The van der Waals surface area contributed by atoms with Gasteiger partial charge in [-0.3, -0.25) is 0 Å². The van der Waals surface area contributed by atoms with Crippen LogP contribution >= 0.6 is 11.8 Å². The first-order valence-electron chi connectivity index (χ1n) is 6.15. The minimum atomic E-state index is -0.971. The highest BCUT2D eigenvalue weighted by Gasteiger charge is 2.07. The molecule has 0 saturated heterocycles. The van der Waals surface area contributed by atoms with Crippen molar-refractivity contribution < 1.29 is 14.6 Å². The smallest absolute Gasteiger partial charge is 0.328 e. The van der Waals surface area contributed by atoms with Crippen LogP contribution < -0.4 is 4.74 Å². The molecule has 0 amide bonds. The van der Waals surface area contributed by atoms with Crippen LogP contribution in [0.3, 0.4) is 0 Å². The van der Waals surface area contributed by atoms with Crippen molar-refractivity contribution >= 4 is 23.8 Å². The van der Waals surface area contributed by atoms with Crippen molar-refractivity contribution in [3.63, 3.8) is 0 Å². The van der Waals surface area contributed by atoms with Crippen LogP contribution in [0.25, 0.3) is 6.08 Å². The molecule has 0 atom stereocenters. The lowest BCUT2D eigenvalue weighted by Crippen LogP contribution is -1.95. The van der Waals surface area contributed by atoms with Gasteiger partial charge in [0.25, 0.3) is 0 Å². The molecule has 2 aromatic rings. The Bertz CT molecular complexity index is 667. The Kier molecular flexibility index (Phi) is 4.99. The lowest BCUT2D eigenvalue weighted by atomic mass is 10.1. The monoisotopic (exact) mass is 305 g/mol. The number of carbonyl (C=O) groups is 1. The molecule has 0 aliphatic rings. The lowest BCUT2D eigenvalue weighted by molar-refractivity contribution is -0.131. The topological polar surface area (TPSA) is 77.2 Å². The van der Waals surface area contributed by atoms with Crippen molar-refractivity contribution in [1.82, 2.24) is 14.8 Å². The summed E-state index contributed by atoms with van der Waals surface area (Å²) in [4.78, 5) is 14.7. The van der Waals surface area contributed by atoms with E-state index in [4.69, 9.17) is 9.84 Å². The highest BCUT2D eigenvalue weighted by molar-refractivity contribution is 7.98. The van der Waals surface area contributed by atoms with Crippen molar-refractivity contribution in [2.75, 3.05) is 7.11 Å². The third-order valence-corrected chi connectivity index (χ3v) is 3.83. The molecule has 1 aromatic carbocycles. The van der Waals surface area contributed by atoms with Crippen LogP contribution in [0.4, 0.5) is 0 Å². The summed E-state index contributed by atoms with van der Waals surface area (Å²) in [5.41, 5.74) is 1.78. The highest BCUT2D eigenvalue weighted by atomic mass is 32.2. The summed E-state index contributed by atoms with van der Waals surface area (Å²) in [6.07, 6.45) is 4.17. The number of aliphatic carboxylic acids is 1. The van der Waals surface area contributed by atoms with Gasteiger partial charge in [-0.25, -0.2) is 14.5 Å². The van der Waals surface area contributed by atoms with Gasteiger partial charge in [-0.2, -0.15) is 5.10 Å². The molecule has 1 N–H and O–H groups in total. The summed E-state index contributed by atoms with van der Waals surface area (Å²) in [6, 6.07) is 5.55. The summed E-state index contributed by atoms with van der Waals surface area (Å²) >= 11 is 1.54. The number of aromatic nitrogens is 3. The number of methoxy groups -OCH3 is 1. The van der Waals surface area contributed by atoms with Gasteiger partial charge in [0.1, 0.15) is 12.1 Å². The Labute approximate surface area is 126 Å². The van der Waals surface area contributed by atoms with E-state index < -0.39 is 5.97 Å². The molecule has 0 fully saturated rings. The summed E-state index contributed by atoms with van der Waals surface area (Å²) in [6.45, 7) is 0. The van der Waals surface area contributed by atoms with Gasteiger partial charge in [-0.15, -0.1) is 0 Å². The first-order valence-corrected chi connectivity index (χ1v) is 7.13. The van der Waals surface area contributed by atoms with Crippen LogP contribution in [0.5, 0.6) is 5.75 Å². The fourth-order valence-corrected chi connectivity index (χ4v) is 2.61. The quantitative estimate of drug-likeness (QED) is 0.651. The van der Waals surface area contributed by atoms with E-state index in [1.54, 1.807) is 17.9 Å². The zero-order chi connectivity index (χ0) is 15.2. The number of aryl methyl sites for hydroxylation is 1. The number of thioether (sulfide) groups is 1. The second-order valence-electron chi connectivity index (χ2n) is 4.20. The molecule has 0 unspecified atom stereocenters. The molecular weight excluding hydrogens is 290 g/mol. The molecule has 0 saturated carbocycles. The Morgan fingerprint density at radius 2 is 2.33 bits per heavy atom. The maximum absolute atomic E-state index is 10.6. The molecule has 2 rings (SSSR count). The van der Waals surface area contributed by atoms with Gasteiger partial charge in [0.15, 0.2) is 5.16 Å². The maximum Gasteiger partial charge on any atom is 0.328 e. The molecule has 6 nitrogen and oxygen atoms in total. The lowest BCUT2D eigenvalue weighted by Gasteiger charge is -2.09. The van der Waals surface area contributed by atoms with Gasteiger partial charge in [-0.1, -0.05) is 17.8 Å². The Morgan fingerprint density at radius 1 is 1.52 bits per heavy atom. The summed E-state index contributed by atoms with van der Waals surface area (Å²) in [5, 5.41) is 13.5. The van der Waals surface area contributed by atoms with E-state index in [0.717, 1.165) is 28.1 Å². The first kappa shape index (κ1) is 15.1. The van der Waals surface area contributed by atoms with Crippen LogP contribution in [0, 0.1) is 0 Å². The molecule has 1 aromatic heterocycles. The summed E-state index contributed by atoms with van der Waals surface area (Å²) < 4.78 is 7.03. The molecule has 110 valence electrons. The van der Waals surface area contributed by atoms with Crippen LogP contribution in [0.1, 0.15) is 11.1 Å². The third-order valence-electron chi connectivity index (χ3n) is 2.75. The second-order valence-corrected chi connectivity index (χ2v) is 5.14. The number of carboxylic acid groups (broad SMARTS) is 1. The largest absolute Gasteiger partial charge is 0.496 e. The molecule has 7 heteroatoms. The van der Waals surface area contributed by atoms with Gasteiger partial charge in [0.2, 0.25) is 0 Å². The molecular formula is C14H15N3O3S. The van der Waals surface area contributed by atoms with Crippen molar-refractivity contribution in [2.24, 2.45) is 7.05 Å². The SMILES string of the molecule is COc1ccc(/C=C/C(=O)O)cc1CSc1ncnn1C. The molecule has 1 heterocycles. The van der Waals surface area contributed by atoms with Crippen LogP contribution in [0.15, 0.2) is 35.8 Å². The van der Waals surface area contributed by atoms with Crippen molar-refractivity contribution in [2.45, 2.75) is 10.9 Å². The number of ether oxygens (including phenoxy) is 1. The van der Waals surface area contributed by atoms with Crippen LogP contribution in [0.2, 0.25) is 0 Å². The maximum atomic E-state index is 10.6. The number of hydrogen-bond acceptors (Lipinski definition) is 5. The number of benzene rings is 1. The fourth-order valence-electron chi connectivity index (χ4n) is 1.74. The van der Waals surface area contributed by atoms with E-state index in [1.165, 1.54) is 18.1 Å². The first-order chi connectivity index (χ1) is 10.1. The standard InChI is InChI=1S/C14H15N3O3S/c1-17-14(15-9-16-17)21-8-11-7-10(4-6-13(18)19)3-5-12(11)20-2/h3-7,9H,8H2,1-2H3,(H,18,19)/b6-4+. The van der Waals surface area contributed by atoms with Crippen LogP contribution in [-0.2, 0) is 17.6 Å². The summed E-state index contributed by atoms with van der Waals surface area (Å²) in [7, 11) is 3.44. The van der Waals surface area contributed by atoms with Crippen molar-refractivity contribution in [1.29, 1.82) is 0 Å². The van der Waals surface area contributed by atoms with Crippen LogP contribution in [-0.4, -0.2) is 33.0 Å². The Morgan fingerprint density at radius 3 is 2.95 bits per heavy atom. The average molecular weight is 305 g/mol. The molecule has 0 aliphatic carbocycles. The van der Waals surface area contributed by atoms with E-state index in [1.807, 2.05) is 25.2 Å². The van der Waals surface area contributed by atoms with Gasteiger partial charge in [0, 0.05) is 24.4 Å². The van der Waals surface area contributed by atoms with E-state index >= 15 is 0 Å². The van der Waals surface area contributed by atoms with E-state index in [0.29, 0.717) is 5.75 Å². The van der Waals surface area contributed by atoms with E-state index in [-0.39, 0.29) is 0 Å². The van der Waals surface area contributed by atoms with E-state index in [9.17, 15) is 4.79 Å². The molecule has 0 bridgehead atoms. The number of hydrogen-bond donors (Lipinski definition) is 1. The Hall–Kier alpha value is -2.28. The minimum Gasteiger partial charge on any atom is -0.496 e. The van der Waals surface area contributed by atoms with Crippen molar-refractivity contribution in [3.05, 3.63) is 41.7 Å². The zero-order valence-corrected chi connectivity index (χ0v) is 12.5. The predicted molar refractivity (Wildman–Crippen MR) is 80.2 cm³/mol. The Balaban J connectivity index is 2.17.